The lowest BCUT2D eigenvalue weighted by Gasteiger charge is -2.38. The van der Waals surface area contributed by atoms with Crippen LogP contribution in [0, 0.1) is 16.7 Å². The number of fused-ring (bicyclic) bond motifs is 16. The van der Waals surface area contributed by atoms with E-state index >= 15 is 0 Å². The summed E-state index contributed by atoms with van der Waals surface area (Å²) in [5, 5.41) is 5.21. The number of hydrogen-bond acceptors (Lipinski definition) is 6. The van der Waals surface area contributed by atoms with E-state index in [-0.39, 0.29) is 34.8 Å². The summed E-state index contributed by atoms with van der Waals surface area (Å²) < 4.78 is 30.1. The van der Waals surface area contributed by atoms with Gasteiger partial charge in [-0.1, -0.05) is 230 Å². The van der Waals surface area contributed by atoms with Crippen LogP contribution in [-0.4, -0.2) is 12.1 Å². The van der Waals surface area contributed by atoms with Crippen LogP contribution < -0.4 is 9.80 Å². The normalized spacial score (nSPS) is 19.1. The van der Waals surface area contributed by atoms with Crippen molar-refractivity contribution in [1.82, 2.24) is 0 Å². The number of furan rings is 3. The Kier molecular flexibility index (Phi) is 11.3. The SMILES string of the molecule is CC(C)(C)C1=CC=CC2C3=C(OC12)C(N(c1ccccc1)c1cc2c(c4c1oc1ccccc14)-c1c(cc(N(c4ccccc4)c4cccc5c6c(oc45)C(C(C)(C)C)CC=C6)c4c1oc1ccccc14)C2(c1ccccc1)c1ccccc1)CC=C3. The van der Waals surface area contributed by atoms with E-state index in [2.05, 4.69) is 294 Å². The third-order valence-corrected chi connectivity index (χ3v) is 19.6. The summed E-state index contributed by atoms with van der Waals surface area (Å²) in [5.74, 6) is 2.36. The van der Waals surface area contributed by atoms with E-state index in [1.54, 1.807) is 0 Å². The lowest BCUT2D eigenvalue weighted by atomic mass is 9.67. The third-order valence-electron chi connectivity index (χ3n) is 19.6. The van der Waals surface area contributed by atoms with Crippen LogP contribution in [-0.2, 0) is 10.2 Å². The standard InChI is InChI=1S/C81H66N2O4/c1-79(2,3)59-41-23-37-53-55-39-25-43-63(75(55)86-73(53)59)82(51-31-15-9-16-32-51)65-47-62-72(78-69(65)57-35-19-21-45-67(57)85-78)71-61(81(62,49-27-11-7-12-28-49)50-29-13-8-14-30-50)48-66(77-70(71)58-36-20-22-46-68(58)84-77)83(52-33-17-10-18-34-52)64-44-26-40-56-54-38-24-42-60(80(4,5)6)74(54)87-76(56)64/h7-40,42-43,45-48,54,59,64,74H,41,44H2,1-6H3. The number of rotatable bonds is 8. The Morgan fingerprint density at radius 3 is 1.77 bits per heavy atom. The highest BCUT2D eigenvalue weighted by Gasteiger charge is 2.52. The molecule has 4 unspecified atom stereocenters. The molecule has 17 rings (SSSR count). The molecule has 0 bridgehead atoms. The summed E-state index contributed by atoms with van der Waals surface area (Å²) in [6.45, 7) is 13.9. The Balaban J connectivity index is 1.01. The van der Waals surface area contributed by atoms with Crippen molar-refractivity contribution in [3.63, 3.8) is 0 Å². The Bertz CT molecular complexity index is 4900. The summed E-state index contributed by atoms with van der Waals surface area (Å²) in [6, 6.07) is 72.8. The molecule has 5 aliphatic rings. The molecule has 9 aromatic carbocycles. The minimum atomic E-state index is -0.936. The van der Waals surface area contributed by atoms with Crippen molar-refractivity contribution in [2.75, 3.05) is 9.80 Å². The fourth-order valence-corrected chi connectivity index (χ4v) is 15.7. The van der Waals surface area contributed by atoms with Crippen LogP contribution in [0.2, 0.25) is 0 Å². The maximum absolute atomic E-state index is 7.65. The van der Waals surface area contributed by atoms with Gasteiger partial charge >= 0.3 is 0 Å². The molecule has 12 aromatic rings. The number of allylic oxidation sites excluding steroid dienone is 4. The molecule has 0 saturated carbocycles. The lowest BCUT2D eigenvalue weighted by Crippen LogP contribution is -2.35. The van der Waals surface area contributed by atoms with Crippen molar-refractivity contribution in [1.29, 1.82) is 0 Å². The number of nitrogens with zero attached hydrogens (tertiary/aromatic N) is 2. The molecular formula is C81H66N2O4. The van der Waals surface area contributed by atoms with Gasteiger partial charge in [0.15, 0.2) is 11.2 Å². The number of benzene rings is 9. The molecule has 4 atom stereocenters. The minimum absolute atomic E-state index is 0.0205. The van der Waals surface area contributed by atoms with Gasteiger partial charge in [0.1, 0.15) is 34.4 Å². The molecule has 0 fully saturated rings. The molecule has 0 N–H and O–H groups in total. The quantitative estimate of drug-likeness (QED) is 0.151. The smallest absolute Gasteiger partial charge is 0.159 e. The fraction of sp³-hybridized carbons (Fsp3) is 0.185. The summed E-state index contributed by atoms with van der Waals surface area (Å²) in [6.07, 6.45) is 17.7. The molecule has 4 aliphatic carbocycles. The number of anilines is 5. The van der Waals surface area contributed by atoms with Gasteiger partial charge in [0.25, 0.3) is 0 Å². The van der Waals surface area contributed by atoms with Crippen molar-refractivity contribution >= 4 is 89.4 Å². The van der Waals surface area contributed by atoms with Gasteiger partial charge in [0.05, 0.1) is 33.9 Å². The second-order valence-corrected chi connectivity index (χ2v) is 26.5. The van der Waals surface area contributed by atoms with Gasteiger partial charge in [-0.2, -0.15) is 0 Å². The zero-order valence-electron chi connectivity index (χ0n) is 49.8. The van der Waals surface area contributed by atoms with Gasteiger partial charge in [0, 0.05) is 67.0 Å². The molecule has 4 heterocycles. The van der Waals surface area contributed by atoms with E-state index < -0.39 is 5.41 Å². The van der Waals surface area contributed by atoms with Crippen molar-refractivity contribution < 1.29 is 18.0 Å². The highest BCUT2D eigenvalue weighted by Crippen LogP contribution is 2.65. The monoisotopic (exact) mass is 1130 g/mol. The predicted molar refractivity (Wildman–Crippen MR) is 357 cm³/mol. The molecule has 0 amide bonds. The first-order chi connectivity index (χ1) is 42.5. The second kappa shape index (κ2) is 19.1. The summed E-state index contributed by atoms with van der Waals surface area (Å²) in [5.41, 5.74) is 18.4. The van der Waals surface area contributed by atoms with Crippen LogP contribution in [0.4, 0.5) is 28.4 Å². The first-order valence-corrected chi connectivity index (χ1v) is 30.9. The van der Waals surface area contributed by atoms with Crippen molar-refractivity contribution in [2.45, 2.75) is 77.9 Å². The van der Waals surface area contributed by atoms with E-state index in [1.165, 1.54) is 11.1 Å². The Morgan fingerprint density at radius 2 is 1.09 bits per heavy atom. The van der Waals surface area contributed by atoms with Crippen molar-refractivity contribution in [2.24, 2.45) is 16.7 Å². The van der Waals surface area contributed by atoms with Crippen LogP contribution in [0.25, 0.3) is 72.0 Å². The first kappa shape index (κ1) is 51.6. The molecule has 1 aliphatic heterocycles. The molecule has 0 spiro atoms. The average Bonchev–Trinajstić information content (AvgIpc) is 1.52. The topological polar surface area (TPSA) is 55.1 Å². The maximum Gasteiger partial charge on any atom is 0.159 e. The summed E-state index contributed by atoms with van der Waals surface area (Å²) >= 11 is 0. The van der Waals surface area contributed by atoms with Crippen molar-refractivity contribution in [3.8, 4) is 11.1 Å². The Labute approximate surface area is 507 Å². The molecule has 0 radical (unpaired) electrons. The highest BCUT2D eigenvalue weighted by atomic mass is 16.5. The Morgan fingerprint density at radius 1 is 0.506 bits per heavy atom. The predicted octanol–water partition coefficient (Wildman–Crippen LogP) is 21.9. The molecule has 6 heteroatoms. The van der Waals surface area contributed by atoms with Gasteiger partial charge in [0.2, 0.25) is 0 Å². The molecule has 6 nitrogen and oxygen atoms in total. The van der Waals surface area contributed by atoms with E-state index in [1.807, 2.05) is 0 Å². The third kappa shape index (κ3) is 7.52. The zero-order chi connectivity index (χ0) is 58.5. The maximum atomic E-state index is 7.65. The van der Waals surface area contributed by atoms with E-state index in [0.29, 0.717) is 0 Å². The van der Waals surface area contributed by atoms with E-state index in [9.17, 15) is 0 Å². The van der Waals surface area contributed by atoms with E-state index in [4.69, 9.17) is 18.0 Å². The van der Waals surface area contributed by atoms with Gasteiger partial charge in [-0.25, -0.2) is 0 Å². The number of ether oxygens (including phenoxy) is 1. The van der Waals surface area contributed by atoms with Crippen molar-refractivity contribution in [3.05, 3.63) is 287 Å². The molecule has 424 valence electrons. The fourth-order valence-electron chi connectivity index (χ4n) is 15.7. The minimum Gasteiger partial charge on any atom is -0.487 e. The van der Waals surface area contributed by atoms with Crippen LogP contribution in [0.1, 0.15) is 93.9 Å². The largest absolute Gasteiger partial charge is 0.487 e. The van der Waals surface area contributed by atoms with Crippen LogP contribution >= 0.6 is 0 Å². The van der Waals surface area contributed by atoms with Gasteiger partial charge in [-0.3, -0.25) is 0 Å². The molecule has 3 aromatic heterocycles. The van der Waals surface area contributed by atoms with E-state index in [0.717, 1.165) is 147 Å². The Hall–Kier alpha value is -9.78. The van der Waals surface area contributed by atoms with Crippen LogP contribution in [0.3, 0.4) is 0 Å². The molecular weight excluding hydrogens is 1060 g/mol. The van der Waals surface area contributed by atoms with Gasteiger partial charge < -0.3 is 27.8 Å². The summed E-state index contributed by atoms with van der Waals surface area (Å²) in [4.78, 5) is 4.99. The molecule has 87 heavy (non-hydrogen) atoms. The second-order valence-electron chi connectivity index (χ2n) is 26.5. The van der Waals surface area contributed by atoms with Crippen LogP contribution in [0.5, 0.6) is 0 Å². The van der Waals surface area contributed by atoms with Gasteiger partial charge in [-0.15, -0.1) is 0 Å². The number of para-hydroxylation sites is 5. The van der Waals surface area contributed by atoms with Crippen LogP contribution in [0.15, 0.2) is 267 Å². The highest BCUT2D eigenvalue weighted by molar-refractivity contribution is 6.26. The average molecular weight is 1130 g/mol. The first-order valence-electron chi connectivity index (χ1n) is 30.9. The lowest BCUT2D eigenvalue weighted by molar-refractivity contribution is 0.124. The number of hydrogen-bond donors (Lipinski definition) is 0. The molecule has 0 saturated heterocycles. The zero-order valence-corrected chi connectivity index (χ0v) is 49.8. The van der Waals surface area contributed by atoms with Gasteiger partial charge in [-0.05, 0) is 106 Å². The summed E-state index contributed by atoms with van der Waals surface area (Å²) in [7, 11) is 0.